The first-order valence-electron chi connectivity index (χ1n) is 9.04. The largest absolute Gasteiger partial charge is 0.423 e. The number of amides is 1. The van der Waals surface area contributed by atoms with Crippen LogP contribution in [0.5, 0.6) is 5.75 Å². The molecule has 1 aliphatic rings. The molecule has 2 aromatic rings. The molecule has 9 heteroatoms. The topological polar surface area (TPSA) is 123 Å². The van der Waals surface area contributed by atoms with Crippen molar-refractivity contribution in [2.45, 2.75) is 0 Å². The van der Waals surface area contributed by atoms with Crippen molar-refractivity contribution in [1.29, 1.82) is 5.26 Å². The minimum absolute atomic E-state index is 0.0124. The Morgan fingerprint density at radius 3 is 2.43 bits per heavy atom. The van der Waals surface area contributed by atoms with Crippen molar-refractivity contribution in [3.8, 4) is 11.8 Å². The third-order valence-corrected chi connectivity index (χ3v) is 4.37. The van der Waals surface area contributed by atoms with Crippen molar-refractivity contribution in [2.75, 3.05) is 26.3 Å². The molecule has 1 amide bonds. The molecule has 30 heavy (non-hydrogen) atoms. The maximum Gasteiger partial charge on any atom is 0.350 e. The number of carbonyl (C=O) groups is 2. The number of ether oxygens (including phenoxy) is 2. The number of nitriles is 1. The molecular formula is C21H17N3O6. The normalized spacial score (nSPS) is 14.0. The number of benzene rings is 2. The Morgan fingerprint density at radius 1 is 1.13 bits per heavy atom. The first-order chi connectivity index (χ1) is 14.5. The van der Waals surface area contributed by atoms with Gasteiger partial charge in [0.15, 0.2) is 0 Å². The minimum Gasteiger partial charge on any atom is -0.423 e. The summed E-state index contributed by atoms with van der Waals surface area (Å²) in [5.74, 6) is -1.05. The van der Waals surface area contributed by atoms with Gasteiger partial charge in [0.05, 0.1) is 18.1 Å². The third-order valence-electron chi connectivity index (χ3n) is 4.37. The Bertz CT molecular complexity index is 1030. The number of carbonyl (C=O) groups excluding carboxylic acids is 2. The van der Waals surface area contributed by atoms with E-state index in [1.165, 1.54) is 42.5 Å². The van der Waals surface area contributed by atoms with Gasteiger partial charge in [0.2, 0.25) is 0 Å². The molecule has 0 atom stereocenters. The molecule has 0 unspecified atom stereocenters. The number of para-hydroxylation sites is 1. The summed E-state index contributed by atoms with van der Waals surface area (Å²) in [4.78, 5) is 36.7. The van der Waals surface area contributed by atoms with Crippen LogP contribution in [-0.4, -0.2) is 48.0 Å². The summed E-state index contributed by atoms with van der Waals surface area (Å²) in [6.45, 7) is 1.73. The first kappa shape index (κ1) is 20.7. The summed E-state index contributed by atoms with van der Waals surface area (Å²) < 4.78 is 10.4. The quantitative estimate of drug-likeness (QED) is 0.186. The molecule has 1 fully saturated rings. The number of nitrogens with zero attached hydrogens (tertiary/aromatic N) is 3. The predicted octanol–water partition coefficient (Wildman–Crippen LogP) is 2.58. The van der Waals surface area contributed by atoms with Gasteiger partial charge in [0.1, 0.15) is 23.0 Å². The lowest BCUT2D eigenvalue weighted by molar-refractivity contribution is -0.385. The number of esters is 1. The minimum atomic E-state index is -0.856. The van der Waals surface area contributed by atoms with E-state index in [0.29, 0.717) is 31.9 Å². The van der Waals surface area contributed by atoms with Gasteiger partial charge in [-0.2, -0.15) is 5.26 Å². The molecule has 0 aliphatic carbocycles. The molecular weight excluding hydrogens is 390 g/mol. The molecule has 9 nitrogen and oxygen atoms in total. The Hall–Kier alpha value is -4.03. The maximum absolute atomic E-state index is 12.4. The third kappa shape index (κ3) is 4.87. The van der Waals surface area contributed by atoms with Gasteiger partial charge in [-0.3, -0.25) is 14.9 Å². The SMILES string of the molecule is N#C/C(=C\c1ccc(OC(=O)c2ccccc2[N+](=O)[O-])cc1)C(=O)N1CCOCC1. The van der Waals surface area contributed by atoms with Crippen molar-refractivity contribution in [1.82, 2.24) is 4.90 Å². The first-order valence-corrected chi connectivity index (χ1v) is 9.04. The second-order valence-corrected chi connectivity index (χ2v) is 6.31. The second kappa shape index (κ2) is 9.45. The molecule has 0 spiro atoms. The van der Waals surface area contributed by atoms with E-state index >= 15 is 0 Å². The highest BCUT2D eigenvalue weighted by atomic mass is 16.6. The van der Waals surface area contributed by atoms with Gasteiger partial charge >= 0.3 is 5.97 Å². The fourth-order valence-corrected chi connectivity index (χ4v) is 2.84. The van der Waals surface area contributed by atoms with E-state index < -0.39 is 10.9 Å². The molecule has 2 aromatic carbocycles. The van der Waals surface area contributed by atoms with Crippen LogP contribution in [0.3, 0.4) is 0 Å². The van der Waals surface area contributed by atoms with Crippen molar-refractivity contribution < 1.29 is 24.0 Å². The zero-order valence-corrected chi connectivity index (χ0v) is 15.8. The van der Waals surface area contributed by atoms with E-state index in [4.69, 9.17) is 9.47 Å². The van der Waals surface area contributed by atoms with Gasteiger partial charge in [-0.1, -0.05) is 24.3 Å². The molecule has 0 bridgehead atoms. The van der Waals surface area contributed by atoms with Crippen LogP contribution in [-0.2, 0) is 9.53 Å². The fraction of sp³-hybridized carbons (Fsp3) is 0.190. The van der Waals surface area contributed by atoms with Gasteiger partial charge in [-0.25, -0.2) is 4.79 Å². The molecule has 1 saturated heterocycles. The number of morpholine rings is 1. The van der Waals surface area contributed by atoms with Gasteiger partial charge < -0.3 is 14.4 Å². The molecule has 152 valence electrons. The lowest BCUT2D eigenvalue weighted by Crippen LogP contribution is -2.41. The highest BCUT2D eigenvalue weighted by molar-refractivity contribution is 6.01. The predicted molar refractivity (Wildman–Crippen MR) is 105 cm³/mol. The molecule has 1 heterocycles. The second-order valence-electron chi connectivity index (χ2n) is 6.31. The van der Waals surface area contributed by atoms with Crippen LogP contribution in [0, 0.1) is 21.4 Å². The van der Waals surface area contributed by atoms with E-state index in [0.717, 1.165) is 0 Å². The average molecular weight is 407 g/mol. The monoisotopic (exact) mass is 407 g/mol. The van der Waals surface area contributed by atoms with E-state index in [1.807, 2.05) is 6.07 Å². The lowest BCUT2D eigenvalue weighted by Gasteiger charge is -2.26. The van der Waals surface area contributed by atoms with E-state index in [1.54, 1.807) is 17.0 Å². The summed E-state index contributed by atoms with van der Waals surface area (Å²) in [5, 5.41) is 20.4. The zero-order valence-electron chi connectivity index (χ0n) is 15.8. The Balaban J connectivity index is 1.72. The van der Waals surface area contributed by atoms with E-state index in [2.05, 4.69) is 0 Å². The van der Waals surface area contributed by atoms with Gasteiger partial charge in [-0.05, 0) is 29.8 Å². The summed E-state index contributed by atoms with van der Waals surface area (Å²) in [7, 11) is 0. The average Bonchev–Trinajstić information content (AvgIpc) is 2.78. The molecule has 0 saturated carbocycles. The number of nitro groups is 1. The number of hydrogen-bond donors (Lipinski definition) is 0. The Morgan fingerprint density at radius 2 is 1.80 bits per heavy atom. The number of nitro benzene ring substituents is 1. The van der Waals surface area contributed by atoms with E-state index in [-0.39, 0.29) is 28.5 Å². The van der Waals surface area contributed by atoms with Crippen LogP contribution in [0.15, 0.2) is 54.1 Å². The molecule has 0 radical (unpaired) electrons. The standard InChI is InChI=1S/C21H17N3O6/c22-14-16(20(25)23-9-11-29-12-10-23)13-15-5-7-17(8-6-15)30-21(26)18-3-1-2-4-19(18)24(27)28/h1-8,13H,9-12H2/b16-13+. The smallest absolute Gasteiger partial charge is 0.350 e. The maximum atomic E-state index is 12.4. The molecule has 0 aromatic heterocycles. The highest BCUT2D eigenvalue weighted by Crippen LogP contribution is 2.21. The zero-order chi connectivity index (χ0) is 21.5. The Labute approximate surface area is 171 Å². The summed E-state index contributed by atoms with van der Waals surface area (Å²) in [6, 6.07) is 13.5. The molecule has 0 N–H and O–H groups in total. The van der Waals surface area contributed by atoms with Crippen LogP contribution in [0.1, 0.15) is 15.9 Å². The van der Waals surface area contributed by atoms with Crippen molar-refractivity contribution >= 4 is 23.6 Å². The van der Waals surface area contributed by atoms with Crippen LogP contribution >= 0.6 is 0 Å². The van der Waals surface area contributed by atoms with Crippen LogP contribution in [0.4, 0.5) is 5.69 Å². The Kier molecular flexibility index (Phi) is 6.52. The van der Waals surface area contributed by atoms with Crippen molar-refractivity contribution in [3.05, 3.63) is 75.3 Å². The highest BCUT2D eigenvalue weighted by Gasteiger charge is 2.22. The number of hydrogen-bond acceptors (Lipinski definition) is 7. The van der Waals surface area contributed by atoms with E-state index in [9.17, 15) is 25.0 Å². The molecule has 3 rings (SSSR count). The number of rotatable bonds is 5. The van der Waals surface area contributed by atoms with Crippen molar-refractivity contribution in [3.63, 3.8) is 0 Å². The lowest BCUT2D eigenvalue weighted by atomic mass is 10.1. The fourth-order valence-electron chi connectivity index (χ4n) is 2.84. The van der Waals surface area contributed by atoms with Crippen LogP contribution in [0.2, 0.25) is 0 Å². The summed E-state index contributed by atoms with van der Waals surface area (Å²) in [6.07, 6.45) is 1.45. The van der Waals surface area contributed by atoms with Gasteiger partial charge in [0.25, 0.3) is 11.6 Å². The van der Waals surface area contributed by atoms with Crippen molar-refractivity contribution in [2.24, 2.45) is 0 Å². The van der Waals surface area contributed by atoms with Gasteiger partial charge in [0, 0.05) is 19.2 Å². The molecule has 1 aliphatic heterocycles. The summed E-state index contributed by atoms with van der Waals surface area (Å²) in [5.41, 5.74) is 0.0527. The van der Waals surface area contributed by atoms with Crippen LogP contribution < -0.4 is 4.74 Å². The van der Waals surface area contributed by atoms with Crippen LogP contribution in [0.25, 0.3) is 6.08 Å². The summed E-state index contributed by atoms with van der Waals surface area (Å²) >= 11 is 0. The van der Waals surface area contributed by atoms with Gasteiger partial charge in [-0.15, -0.1) is 0 Å².